The molecular weight excluding hydrogens is 340 g/mol. The average molecular weight is 354 g/mol. The summed E-state index contributed by atoms with van der Waals surface area (Å²) in [6.07, 6.45) is 1.70. The van der Waals surface area contributed by atoms with Gasteiger partial charge in [-0.3, -0.25) is 4.57 Å². The maximum atomic E-state index is 11.1. The molecule has 0 fully saturated rings. The van der Waals surface area contributed by atoms with Gasteiger partial charge in [0, 0.05) is 11.3 Å². The molecule has 0 amide bonds. The number of H-pyrrole nitrogens is 1. The van der Waals surface area contributed by atoms with Gasteiger partial charge in [0.05, 0.1) is 27.6 Å². The molecule has 0 saturated carbocycles. The molecule has 0 atom stereocenters. The van der Waals surface area contributed by atoms with Crippen LogP contribution in [0.5, 0.6) is 0 Å². The van der Waals surface area contributed by atoms with Gasteiger partial charge in [-0.2, -0.15) is 0 Å². The third-order valence-corrected chi connectivity index (χ3v) is 4.60. The first-order chi connectivity index (χ1) is 13.2. The number of carboxylic acid groups (broad SMARTS) is 1. The fourth-order valence-corrected chi connectivity index (χ4v) is 3.22. The fourth-order valence-electron chi connectivity index (χ4n) is 3.22. The van der Waals surface area contributed by atoms with Crippen molar-refractivity contribution in [2.24, 2.45) is 0 Å². The van der Waals surface area contributed by atoms with E-state index in [1.54, 1.807) is 24.5 Å². The number of nitrogens with zero attached hydrogens (tertiary/aromatic N) is 3. The second kappa shape index (κ2) is 5.81. The zero-order valence-electron chi connectivity index (χ0n) is 14.1. The SMILES string of the molecule is O=C(O)c1ccc2c(c1)ncn2-c1ccc(-c2nc3ccccc3[nH]2)cc1. The van der Waals surface area contributed by atoms with Crippen LogP contribution in [-0.2, 0) is 0 Å². The number of hydrogen-bond donors (Lipinski definition) is 2. The van der Waals surface area contributed by atoms with Crippen molar-refractivity contribution in [3.05, 3.63) is 78.6 Å². The van der Waals surface area contributed by atoms with E-state index in [0.717, 1.165) is 33.6 Å². The van der Waals surface area contributed by atoms with E-state index in [0.29, 0.717) is 5.52 Å². The van der Waals surface area contributed by atoms with Gasteiger partial charge in [0.2, 0.25) is 0 Å². The number of aromatic amines is 1. The Morgan fingerprint density at radius 2 is 1.78 bits per heavy atom. The van der Waals surface area contributed by atoms with Crippen LogP contribution in [0.15, 0.2) is 73.1 Å². The standard InChI is InChI=1S/C21H14N4O2/c26-21(27)14-7-10-19-18(11-14)22-12-25(19)15-8-5-13(6-9-15)20-23-16-3-1-2-4-17(16)24-20/h1-12H,(H,23,24)(H,26,27). The van der Waals surface area contributed by atoms with E-state index in [2.05, 4.69) is 15.0 Å². The summed E-state index contributed by atoms with van der Waals surface area (Å²) in [7, 11) is 0. The van der Waals surface area contributed by atoms with Crippen LogP contribution in [0.3, 0.4) is 0 Å². The highest BCUT2D eigenvalue weighted by atomic mass is 16.4. The Balaban J connectivity index is 1.53. The molecule has 0 spiro atoms. The number of imidazole rings is 2. The lowest BCUT2D eigenvalue weighted by Gasteiger charge is -2.05. The Kier molecular flexibility index (Phi) is 3.30. The predicted octanol–water partition coefficient (Wildman–Crippen LogP) is 4.27. The quantitative estimate of drug-likeness (QED) is 0.507. The van der Waals surface area contributed by atoms with Gasteiger partial charge in [0.1, 0.15) is 12.2 Å². The van der Waals surface area contributed by atoms with Crippen LogP contribution < -0.4 is 0 Å². The van der Waals surface area contributed by atoms with Gasteiger partial charge in [-0.15, -0.1) is 0 Å². The van der Waals surface area contributed by atoms with Gasteiger partial charge in [-0.05, 0) is 54.6 Å². The number of carbonyl (C=O) groups is 1. The number of hydrogen-bond acceptors (Lipinski definition) is 3. The van der Waals surface area contributed by atoms with E-state index >= 15 is 0 Å². The van der Waals surface area contributed by atoms with E-state index in [1.807, 2.05) is 53.1 Å². The molecule has 6 nitrogen and oxygen atoms in total. The number of aromatic nitrogens is 4. The first kappa shape index (κ1) is 15.3. The number of rotatable bonds is 3. The molecule has 5 aromatic rings. The minimum atomic E-state index is -0.957. The van der Waals surface area contributed by atoms with Gasteiger partial charge >= 0.3 is 5.97 Å². The second-order valence-corrected chi connectivity index (χ2v) is 6.27. The summed E-state index contributed by atoms with van der Waals surface area (Å²) in [5.41, 5.74) is 5.62. The molecule has 0 aliphatic rings. The van der Waals surface area contributed by atoms with E-state index in [4.69, 9.17) is 5.11 Å². The molecule has 0 aliphatic carbocycles. The third kappa shape index (κ3) is 2.55. The first-order valence-corrected chi connectivity index (χ1v) is 8.45. The number of nitrogens with one attached hydrogen (secondary N) is 1. The zero-order valence-corrected chi connectivity index (χ0v) is 14.1. The Bertz CT molecular complexity index is 1270. The van der Waals surface area contributed by atoms with Crippen LogP contribution in [0.1, 0.15) is 10.4 Å². The highest BCUT2D eigenvalue weighted by molar-refractivity contribution is 5.92. The molecule has 0 saturated heterocycles. The number of aromatic carboxylic acids is 1. The third-order valence-electron chi connectivity index (χ3n) is 4.60. The van der Waals surface area contributed by atoms with Gasteiger partial charge in [0.25, 0.3) is 0 Å². The zero-order chi connectivity index (χ0) is 18.4. The van der Waals surface area contributed by atoms with Crippen molar-refractivity contribution in [2.75, 3.05) is 0 Å². The molecule has 2 N–H and O–H groups in total. The minimum Gasteiger partial charge on any atom is -0.478 e. The lowest BCUT2D eigenvalue weighted by Crippen LogP contribution is -1.96. The van der Waals surface area contributed by atoms with Crippen LogP contribution in [0.2, 0.25) is 0 Å². The summed E-state index contributed by atoms with van der Waals surface area (Å²) >= 11 is 0. The van der Waals surface area contributed by atoms with Crippen LogP contribution in [-0.4, -0.2) is 30.6 Å². The number of fused-ring (bicyclic) bond motifs is 2. The normalized spacial score (nSPS) is 11.3. The average Bonchev–Trinajstić information content (AvgIpc) is 3.31. The van der Waals surface area contributed by atoms with Gasteiger partial charge in [-0.1, -0.05) is 12.1 Å². The van der Waals surface area contributed by atoms with Crippen LogP contribution >= 0.6 is 0 Å². The van der Waals surface area contributed by atoms with Crippen molar-refractivity contribution in [1.82, 2.24) is 19.5 Å². The van der Waals surface area contributed by atoms with Gasteiger partial charge in [0.15, 0.2) is 0 Å². The molecule has 0 unspecified atom stereocenters. The number of carboxylic acids is 1. The number of benzene rings is 3. The number of para-hydroxylation sites is 2. The molecule has 0 aliphatic heterocycles. The molecule has 130 valence electrons. The molecule has 3 aromatic carbocycles. The monoisotopic (exact) mass is 354 g/mol. The molecule has 2 aromatic heterocycles. The molecule has 0 radical (unpaired) electrons. The largest absolute Gasteiger partial charge is 0.478 e. The lowest BCUT2D eigenvalue weighted by atomic mass is 10.2. The minimum absolute atomic E-state index is 0.230. The Labute approximate surface area is 153 Å². The maximum Gasteiger partial charge on any atom is 0.335 e. The topological polar surface area (TPSA) is 83.8 Å². The lowest BCUT2D eigenvalue weighted by molar-refractivity contribution is 0.0697. The summed E-state index contributed by atoms with van der Waals surface area (Å²) in [6.45, 7) is 0. The van der Waals surface area contributed by atoms with Gasteiger partial charge < -0.3 is 10.1 Å². The second-order valence-electron chi connectivity index (χ2n) is 6.27. The smallest absolute Gasteiger partial charge is 0.335 e. The van der Waals surface area contributed by atoms with Crippen molar-refractivity contribution >= 4 is 28.0 Å². The van der Waals surface area contributed by atoms with Crippen molar-refractivity contribution in [3.8, 4) is 17.1 Å². The summed E-state index contributed by atoms with van der Waals surface area (Å²) in [4.78, 5) is 23.4. The summed E-state index contributed by atoms with van der Waals surface area (Å²) in [6, 6.07) is 20.9. The van der Waals surface area contributed by atoms with E-state index < -0.39 is 5.97 Å². The van der Waals surface area contributed by atoms with Crippen LogP contribution in [0.4, 0.5) is 0 Å². The van der Waals surface area contributed by atoms with Gasteiger partial charge in [-0.25, -0.2) is 14.8 Å². The fraction of sp³-hybridized carbons (Fsp3) is 0. The highest BCUT2D eigenvalue weighted by Crippen LogP contribution is 2.24. The Morgan fingerprint density at radius 3 is 2.56 bits per heavy atom. The molecule has 27 heavy (non-hydrogen) atoms. The Hall–Kier alpha value is -3.93. The van der Waals surface area contributed by atoms with E-state index in [9.17, 15) is 4.79 Å². The highest BCUT2D eigenvalue weighted by Gasteiger charge is 2.10. The van der Waals surface area contributed by atoms with Crippen molar-refractivity contribution in [2.45, 2.75) is 0 Å². The first-order valence-electron chi connectivity index (χ1n) is 8.45. The predicted molar refractivity (Wildman–Crippen MR) is 103 cm³/mol. The van der Waals surface area contributed by atoms with E-state index in [1.165, 1.54) is 0 Å². The molecular formula is C21H14N4O2. The Morgan fingerprint density at radius 1 is 0.963 bits per heavy atom. The summed E-state index contributed by atoms with van der Waals surface area (Å²) < 4.78 is 1.93. The van der Waals surface area contributed by atoms with Crippen molar-refractivity contribution in [3.63, 3.8) is 0 Å². The maximum absolute atomic E-state index is 11.1. The van der Waals surface area contributed by atoms with Crippen LogP contribution in [0, 0.1) is 0 Å². The van der Waals surface area contributed by atoms with E-state index in [-0.39, 0.29) is 5.56 Å². The molecule has 2 heterocycles. The molecule has 5 rings (SSSR count). The van der Waals surface area contributed by atoms with Crippen LogP contribution in [0.25, 0.3) is 39.1 Å². The molecule has 6 heteroatoms. The summed E-state index contributed by atoms with van der Waals surface area (Å²) in [5.74, 6) is -0.133. The van der Waals surface area contributed by atoms with Crippen molar-refractivity contribution in [1.29, 1.82) is 0 Å². The molecule has 0 bridgehead atoms. The van der Waals surface area contributed by atoms with Crippen molar-refractivity contribution < 1.29 is 9.90 Å². The summed E-state index contributed by atoms with van der Waals surface area (Å²) in [5, 5.41) is 9.12.